The smallest absolute Gasteiger partial charge is 0.338 e. The number of aromatic amines is 1. The van der Waals surface area contributed by atoms with Crippen molar-refractivity contribution >= 4 is 16.1 Å². The van der Waals surface area contributed by atoms with Crippen molar-refractivity contribution in [2.24, 2.45) is 0 Å². The molecule has 0 amide bonds. The van der Waals surface area contributed by atoms with Crippen molar-refractivity contribution in [2.75, 3.05) is 0 Å². The zero-order valence-electron chi connectivity index (χ0n) is 3.76. The van der Waals surface area contributed by atoms with E-state index in [0.29, 0.717) is 0 Å². The first-order valence-corrected chi connectivity index (χ1v) is 2.58. The number of halogens is 1. The molecule has 0 bridgehead atoms. The molecule has 5 heteroatoms. The van der Waals surface area contributed by atoms with Crippen molar-refractivity contribution in [1.29, 1.82) is 0 Å². The number of imidazole rings is 1. The molecule has 2 N–H and O–H groups in total. The van der Waals surface area contributed by atoms with Crippen LogP contribution in [0.2, 0.25) is 0 Å². The van der Waals surface area contributed by atoms with Gasteiger partial charge in [0.05, 0.1) is 22.3 Å². The van der Waals surface area contributed by atoms with E-state index in [1.165, 1.54) is 6.20 Å². The van der Waals surface area contributed by atoms with Gasteiger partial charge in [-0.25, -0.2) is 4.79 Å². The summed E-state index contributed by atoms with van der Waals surface area (Å²) in [6, 6.07) is 0. The van der Waals surface area contributed by atoms with Crippen LogP contribution in [0, 0.1) is 0 Å². The van der Waals surface area contributed by atoms with Crippen LogP contribution in [0.3, 0.4) is 0 Å². The van der Waals surface area contributed by atoms with Gasteiger partial charge in [-0.15, -0.1) is 0 Å². The van der Waals surface area contributed by atoms with E-state index in [-0.39, 0.29) is 11.6 Å². The van der Waals surface area contributed by atoms with E-state index >= 15 is 0 Å². The molecule has 4 nitrogen and oxygen atoms in total. The summed E-state index contributed by atoms with van der Waals surface area (Å²) >= 11 is 2.77. The van der Waals surface area contributed by atoms with Crippen LogP contribution >= 0.6 is 16.1 Å². The summed E-state index contributed by atoms with van der Waals surface area (Å²) in [6.45, 7) is 0. The Morgan fingerprint density at radius 1 is 1.88 bits per heavy atom. The molecule has 0 aliphatic heterocycles. The minimum atomic E-state index is -0.387. The Morgan fingerprint density at radius 2 is 2.50 bits per heavy atom. The van der Waals surface area contributed by atoms with Crippen LogP contribution in [-0.4, -0.2) is 13.7 Å². The number of hydrogen-bond donors (Lipinski definition) is 2. The number of nitrogens with one attached hydrogen (secondary N) is 1. The second kappa shape index (κ2) is 1.66. The fourth-order valence-electron chi connectivity index (χ4n) is 0.344. The number of nitrogens with zero attached hydrogens (tertiary/aromatic N) is 1. The normalized spacial score (nSPS) is 9.62. The Morgan fingerprint density at radius 3 is 2.62 bits per heavy atom. The molecule has 0 aliphatic rings. The van der Waals surface area contributed by atoms with Gasteiger partial charge in [-0.1, -0.05) is 0 Å². The van der Waals surface area contributed by atoms with E-state index < -0.39 is 0 Å². The third kappa shape index (κ3) is 0.645. The predicted octanol–water partition coefficient (Wildman–Crippen LogP) is 0.0400. The Kier molecular flexibility index (Phi) is 1.13. The highest BCUT2D eigenvalue weighted by atomic mass is 79.9. The van der Waals surface area contributed by atoms with Crippen molar-refractivity contribution in [3.63, 3.8) is 0 Å². The maximum absolute atomic E-state index is 10.3. The summed E-state index contributed by atoms with van der Waals surface area (Å²) < 4.78 is 0.924. The number of H-pyrrole nitrogens is 1. The average molecular weight is 179 g/mol. The molecule has 0 atom stereocenters. The summed E-state index contributed by atoms with van der Waals surface area (Å²) in [7, 11) is 0. The van der Waals surface area contributed by atoms with Gasteiger partial charge in [-0.05, 0) is 0 Å². The van der Waals surface area contributed by atoms with Gasteiger partial charge in [0.1, 0.15) is 0 Å². The van der Waals surface area contributed by atoms with Crippen LogP contribution < -0.4 is 5.69 Å². The molecular weight excluding hydrogens is 176 g/mol. The molecule has 0 unspecified atom stereocenters. The van der Waals surface area contributed by atoms with Crippen LogP contribution in [0.25, 0.3) is 0 Å². The van der Waals surface area contributed by atoms with Crippen LogP contribution in [-0.2, 0) is 0 Å². The number of aromatic nitrogens is 2. The monoisotopic (exact) mass is 178 g/mol. The van der Waals surface area contributed by atoms with Crippen molar-refractivity contribution in [2.45, 2.75) is 0 Å². The third-order valence-corrected chi connectivity index (χ3v) is 1.39. The zero-order chi connectivity index (χ0) is 6.15. The highest BCUT2D eigenvalue weighted by molar-refractivity contribution is 9.08. The van der Waals surface area contributed by atoms with E-state index in [1.54, 1.807) is 0 Å². The van der Waals surface area contributed by atoms with Gasteiger partial charge in [0.25, 0.3) is 0 Å². The molecule has 0 spiro atoms. The number of rotatable bonds is 0. The summed E-state index contributed by atoms with van der Waals surface area (Å²) in [5.41, 5.74) is -0.387. The highest BCUT2D eigenvalue weighted by Gasteiger charge is 1.96. The van der Waals surface area contributed by atoms with Gasteiger partial charge in [0.2, 0.25) is 5.88 Å². The summed E-state index contributed by atoms with van der Waals surface area (Å²) in [6.07, 6.45) is 1.19. The standard InChI is InChI=1S/C3H3BrN2O2/c4-6-2(7)1-5-3(6)8/h1,7H,(H,5,8). The Bertz CT molecular complexity index is 238. The predicted molar refractivity (Wildman–Crippen MR) is 31.0 cm³/mol. The molecule has 1 rings (SSSR count). The van der Waals surface area contributed by atoms with E-state index in [2.05, 4.69) is 21.1 Å². The average Bonchev–Trinajstić information content (AvgIpc) is 1.98. The van der Waals surface area contributed by atoms with Crippen molar-refractivity contribution in [1.82, 2.24) is 8.58 Å². The lowest BCUT2D eigenvalue weighted by atomic mass is 10.9. The number of aromatic hydroxyl groups is 1. The zero-order valence-corrected chi connectivity index (χ0v) is 5.34. The second-order valence-corrected chi connectivity index (χ2v) is 1.94. The lowest BCUT2D eigenvalue weighted by Gasteiger charge is -1.81. The Balaban J connectivity index is 3.41. The van der Waals surface area contributed by atoms with Crippen LogP contribution in [0.15, 0.2) is 11.0 Å². The van der Waals surface area contributed by atoms with Gasteiger partial charge >= 0.3 is 5.69 Å². The van der Waals surface area contributed by atoms with Crippen molar-refractivity contribution in [3.05, 3.63) is 16.7 Å². The van der Waals surface area contributed by atoms with Gasteiger partial charge in [0.15, 0.2) is 0 Å². The third-order valence-electron chi connectivity index (χ3n) is 0.704. The highest BCUT2D eigenvalue weighted by Crippen LogP contribution is 2.03. The molecule has 8 heavy (non-hydrogen) atoms. The molecule has 1 aromatic rings. The molecular formula is C3H3BrN2O2. The van der Waals surface area contributed by atoms with E-state index in [0.717, 1.165) is 3.59 Å². The van der Waals surface area contributed by atoms with Gasteiger partial charge in [-0.2, -0.15) is 3.59 Å². The van der Waals surface area contributed by atoms with E-state index in [9.17, 15) is 4.79 Å². The molecule has 0 saturated carbocycles. The largest absolute Gasteiger partial charge is 0.493 e. The quantitative estimate of drug-likeness (QED) is 0.590. The molecule has 0 aliphatic carbocycles. The van der Waals surface area contributed by atoms with Gasteiger partial charge in [0, 0.05) is 0 Å². The lowest BCUT2D eigenvalue weighted by molar-refractivity contribution is 0.451. The number of hydrogen-bond acceptors (Lipinski definition) is 2. The summed E-state index contributed by atoms with van der Waals surface area (Å²) in [5, 5.41) is 8.62. The molecule has 44 valence electrons. The van der Waals surface area contributed by atoms with E-state index in [4.69, 9.17) is 5.11 Å². The van der Waals surface area contributed by atoms with Crippen LogP contribution in [0.4, 0.5) is 0 Å². The van der Waals surface area contributed by atoms with Crippen molar-refractivity contribution < 1.29 is 5.11 Å². The molecule has 0 saturated heterocycles. The maximum Gasteiger partial charge on any atom is 0.338 e. The molecule has 0 radical (unpaired) electrons. The second-order valence-electron chi connectivity index (χ2n) is 1.23. The molecule has 1 heterocycles. The van der Waals surface area contributed by atoms with Crippen LogP contribution in [0.1, 0.15) is 0 Å². The summed E-state index contributed by atoms with van der Waals surface area (Å²) in [4.78, 5) is 12.6. The molecule has 1 aromatic heterocycles. The van der Waals surface area contributed by atoms with Crippen molar-refractivity contribution in [3.8, 4) is 5.88 Å². The minimum Gasteiger partial charge on any atom is -0.493 e. The van der Waals surface area contributed by atoms with Gasteiger partial charge < -0.3 is 10.1 Å². The summed E-state index contributed by atoms with van der Waals surface area (Å²) in [5.74, 6) is -0.130. The Hall–Kier alpha value is -0.710. The minimum absolute atomic E-state index is 0.130. The first-order valence-electron chi connectivity index (χ1n) is 1.87. The fourth-order valence-corrected chi connectivity index (χ4v) is 0.548. The topological polar surface area (TPSA) is 58.0 Å². The van der Waals surface area contributed by atoms with Crippen LogP contribution in [0.5, 0.6) is 5.88 Å². The lowest BCUT2D eigenvalue weighted by Crippen LogP contribution is -2.06. The van der Waals surface area contributed by atoms with Gasteiger partial charge in [-0.3, -0.25) is 0 Å². The Labute approximate surface area is 53.1 Å². The SMILES string of the molecule is O=c1[nH]cc(O)n1Br. The first-order chi connectivity index (χ1) is 3.72. The molecule has 0 fully saturated rings. The fraction of sp³-hybridized carbons (Fsp3) is 0. The first kappa shape index (κ1) is 5.43. The maximum atomic E-state index is 10.3. The van der Waals surface area contributed by atoms with E-state index in [1.807, 2.05) is 0 Å². The molecule has 0 aromatic carbocycles.